The second-order valence-electron chi connectivity index (χ2n) is 7.83. The number of nitrogens with zero attached hydrogens (tertiary/aromatic N) is 1. The molecule has 0 bridgehead atoms. The maximum Gasteiger partial charge on any atom is 0.338 e. The van der Waals surface area contributed by atoms with Crippen molar-refractivity contribution in [1.82, 2.24) is 4.90 Å². The Bertz CT molecular complexity index is 912. The first-order chi connectivity index (χ1) is 13.9. The lowest BCUT2D eigenvalue weighted by molar-refractivity contribution is 0.0691. The lowest BCUT2D eigenvalue weighted by Crippen LogP contribution is -2.40. The van der Waals surface area contributed by atoms with E-state index < -0.39 is 11.8 Å². The van der Waals surface area contributed by atoms with Crippen molar-refractivity contribution in [1.29, 1.82) is 0 Å². The smallest absolute Gasteiger partial charge is 0.338 e. The summed E-state index contributed by atoms with van der Waals surface area (Å²) in [4.78, 5) is 13.5. The van der Waals surface area contributed by atoms with E-state index in [4.69, 9.17) is 27.9 Å². The van der Waals surface area contributed by atoms with Crippen LogP contribution >= 0.6 is 23.2 Å². The number of carboxylic acid groups (broad SMARTS) is 1. The van der Waals surface area contributed by atoms with E-state index in [1.165, 1.54) is 12.1 Å². The van der Waals surface area contributed by atoms with Crippen molar-refractivity contribution < 1.29 is 19.0 Å². The molecule has 0 radical (unpaired) electrons. The van der Waals surface area contributed by atoms with Gasteiger partial charge in [0.15, 0.2) is 0 Å². The van der Waals surface area contributed by atoms with Gasteiger partial charge in [-0.05, 0) is 79.6 Å². The number of likely N-dealkylation sites (tertiary alicyclic amines) is 1. The lowest BCUT2D eigenvalue weighted by Gasteiger charge is -2.33. The maximum atomic E-state index is 14.3. The molecule has 1 aliphatic carbocycles. The Kier molecular flexibility index (Phi) is 6.00. The topological polar surface area (TPSA) is 49.8 Å². The molecule has 2 aliphatic rings. The van der Waals surface area contributed by atoms with Crippen molar-refractivity contribution in [3.05, 3.63) is 62.9 Å². The van der Waals surface area contributed by atoms with E-state index >= 15 is 0 Å². The van der Waals surface area contributed by atoms with Gasteiger partial charge in [-0.15, -0.1) is 0 Å². The van der Waals surface area contributed by atoms with E-state index in [1.54, 1.807) is 18.2 Å². The van der Waals surface area contributed by atoms with Crippen LogP contribution in [-0.4, -0.2) is 35.2 Å². The quantitative estimate of drug-likeness (QED) is 0.624. The van der Waals surface area contributed by atoms with Gasteiger partial charge in [-0.1, -0.05) is 23.2 Å². The fourth-order valence-corrected chi connectivity index (χ4v) is 4.50. The first-order valence-corrected chi connectivity index (χ1v) is 10.6. The maximum absolute atomic E-state index is 14.3. The van der Waals surface area contributed by atoms with Crippen molar-refractivity contribution in [2.75, 3.05) is 13.1 Å². The third-order valence-electron chi connectivity index (χ3n) is 5.47. The summed E-state index contributed by atoms with van der Waals surface area (Å²) in [6, 6.07) is 8.09. The number of halogens is 3. The van der Waals surface area contributed by atoms with Gasteiger partial charge < -0.3 is 9.84 Å². The summed E-state index contributed by atoms with van der Waals surface area (Å²) in [5.41, 5.74) is 1.60. The molecule has 1 saturated heterocycles. The van der Waals surface area contributed by atoms with Gasteiger partial charge in [0.25, 0.3) is 0 Å². The Morgan fingerprint density at radius 1 is 1.14 bits per heavy atom. The lowest BCUT2D eigenvalue weighted by atomic mass is 9.98. The number of carbonyl (C=O) groups is 1. The van der Waals surface area contributed by atoms with E-state index in [2.05, 4.69) is 4.90 Å². The normalized spacial score (nSPS) is 19.9. The van der Waals surface area contributed by atoms with Gasteiger partial charge in [-0.2, -0.15) is 0 Å². The molecule has 1 N–H and O–H groups in total. The van der Waals surface area contributed by atoms with Crippen LogP contribution in [0, 0.1) is 5.82 Å². The van der Waals surface area contributed by atoms with E-state index in [0.29, 0.717) is 34.8 Å². The fraction of sp³-hybridized carbons (Fsp3) is 0.409. The molecular weight excluding hydrogens is 416 g/mol. The second kappa shape index (κ2) is 8.50. The first-order valence-electron chi connectivity index (χ1n) is 9.80. The summed E-state index contributed by atoms with van der Waals surface area (Å²) in [7, 11) is 0. The molecular formula is C22H22Cl2FNO3. The molecule has 29 heavy (non-hydrogen) atoms. The Morgan fingerprint density at radius 3 is 2.52 bits per heavy atom. The Hall–Kier alpha value is -1.82. The summed E-state index contributed by atoms with van der Waals surface area (Å²) < 4.78 is 20.4. The number of rotatable bonds is 6. The predicted molar refractivity (Wildman–Crippen MR) is 111 cm³/mol. The third-order valence-corrected chi connectivity index (χ3v) is 5.91. The van der Waals surface area contributed by atoms with Crippen molar-refractivity contribution in [2.45, 2.75) is 44.2 Å². The highest BCUT2D eigenvalue weighted by Gasteiger charge is 2.30. The fourth-order valence-electron chi connectivity index (χ4n) is 3.99. The van der Waals surface area contributed by atoms with Crippen LogP contribution in [0.15, 0.2) is 30.3 Å². The largest absolute Gasteiger partial charge is 0.489 e. The molecule has 1 saturated carbocycles. The van der Waals surface area contributed by atoms with Crippen LogP contribution in [-0.2, 0) is 6.54 Å². The van der Waals surface area contributed by atoms with Gasteiger partial charge >= 0.3 is 5.97 Å². The van der Waals surface area contributed by atoms with Crippen LogP contribution in [0.2, 0.25) is 10.0 Å². The predicted octanol–water partition coefficient (Wildman–Crippen LogP) is 5.75. The third kappa shape index (κ3) is 5.03. The van der Waals surface area contributed by atoms with Crippen LogP contribution in [0.4, 0.5) is 4.39 Å². The van der Waals surface area contributed by atoms with Gasteiger partial charge in [0, 0.05) is 23.1 Å². The van der Waals surface area contributed by atoms with Crippen molar-refractivity contribution in [3.8, 4) is 5.75 Å². The van der Waals surface area contributed by atoms with Crippen LogP contribution in [0.1, 0.15) is 53.1 Å². The zero-order valence-corrected chi connectivity index (χ0v) is 17.3. The molecule has 0 unspecified atom stereocenters. The van der Waals surface area contributed by atoms with E-state index in [0.717, 1.165) is 43.4 Å². The molecule has 7 heteroatoms. The molecule has 0 amide bonds. The summed E-state index contributed by atoms with van der Waals surface area (Å²) in [5, 5.41) is 10.3. The Balaban J connectivity index is 1.48. The van der Waals surface area contributed by atoms with Crippen molar-refractivity contribution >= 4 is 29.2 Å². The summed E-state index contributed by atoms with van der Waals surface area (Å²) in [6.45, 7) is 2.18. The molecule has 2 aromatic rings. The standard InChI is InChI=1S/C22H22Cl2FNO3/c23-15-7-16(24)9-18(8-15)29-17-2-1-5-26(12-17)11-14-6-21(25)20(22(27)28)10-19(14)13-3-4-13/h6-10,13,17H,1-5,11-12H2,(H,27,28)/t17-/m1/s1. The highest BCUT2D eigenvalue weighted by atomic mass is 35.5. The molecule has 4 rings (SSSR count). The van der Waals surface area contributed by atoms with Crippen LogP contribution in [0.5, 0.6) is 5.75 Å². The van der Waals surface area contributed by atoms with Gasteiger partial charge in [-0.3, -0.25) is 4.90 Å². The second-order valence-corrected chi connectivity index (χ2v) is 8.71. The number of aromatic carboxylic acids is 1. The van der Waals surface area contributed by atoms with Gasteiger partial charge in [0.05, 0.1) is 5.56 Å². The minimum atomic E-state index is -1.22. The number of ether oxygens (including phenoxy) is 1. The van der Waals surface area contributed by atoms with Crippen LogP contribution in [0.25, 0.3) is 0 Å². The van der Waals surface area contributed by atoms with E-state index in [9.17, 15) is 14.3 Å². The molecule has 1 atom stereocenters. The number of benzene rings is 2. The van der Waals surface area contributed by atoms with Gasteiger partial charge in [0.2, 0.25) is 0 Å². The monoisotopic (exact) mass is 437 g/mol. The highest BCUT2D eigenvalue weighted by molar-refractivity contribution is 6.34. The molecule has 0 spiro atoms. The average Bonchev–Trinajstić information content (AvgIpc) is 3.46. The molecule has 1 aliphatic heterocycles. The molecule has 154 valence electrons. The van der Waals surface area contributed by atoms with Gasteiger partial charge in [-0.25, -0.2) is 9.18 Å². The van der Waals surface area contributed by atoms with Crippen LogP contribution < -0.4 is 4.74 Å². The zero-order chi connectivity index (χ0) is 20.5. The van der Waals surface area contributed by atoms with Gasteiger partial charge in [0.1, 0.15) is 17.7 Å². The van der Waals surface area contributed by atoms with Crippen molar-refractivity contribution in [2.24, 2.45) is 0 Å². The Labute approximate surface area is 179 Å². The Morgan fingerprint density at radius 2 is 1.86 bits per heavy atom. The summed E-state index contributed by atoms with van der Waals surface area (Å²) in [5.74, 6) is -0.906. The number of hydrogen-bond donors (Lipinski definition) is 1. The van der Waals surface area contributed by atoms with Crippen molar-refractivity contribution in [3.63, 3.8) is 0 Å². The number of hydrogen-bond acceptors (Lipinski definition) is 3. The molecule has 0 aromatic heterocycles. The summed E-state index contributed by atoms with van der Waals surface area (Å²) in [6.07, 6.45) is 3.93. The zero-order valence-electron chi connectivity index (χ0n) is 15.8. The number of piperidine rings is 1. The molecule has 2 fully saturated rings. The van der Waals surface area contributed by atoms with E-state index in [-0.39, 0.29) is 11.7 Å². The van der Waals surface area contributed by atoms with E-state index in [1.807, 2.05) is 0 Å². The SMILES string of the molecule is O=C(O)c1cc(C2CC2)c(CN2CCC[C@@H](Oc3cc(Cl)cc(Cl)c3)C2)cc1F. The number of carboxylic acids is 1. The van der Waals surface area contributed by atoms with Crippen LogP contribution in [0.3, 0.4) is 0 Å². The highest BCUT2D eigenvalue weighted by Crippen LogP contribution is 2.43. The molecule has 2 aromatic carbocycles. The molecule has 4 nitrogen and oxygen atoms in total. The molecule has 1 heterocycles. The minimum Gasteiger partial charge on any atom is -0.489 e. The first kappa shape index (κ1) is 20.5. The average molecular weight is 438 g/mol. The minimum absolute atomic E-state index is 0.00852. The summed E-state index contributed by atoms with van der Waals surface area (Å²) >= 11 is 12.1.